The molecule has 1 aromatic heterocycles. The second-order valence-corrected chi connectivity index (χ2v) is 6.60. The van der Waals surface area contributed by atoms with E-state index in [1.807, 2.05) is 19.4 Å². The molecule has 2 rings (SSSR count). The highest BCUT2D eigenvalue weighted by Crippen LogP contribution is 2.31. The lowest BCUT2D eigenvalue weighted by Gasteiger charge is -2.31. The predicted octanol–water partition coefficient (Wildman–Crippen LogP) is 2.48. The molecule has 1 aliphatic rings. The van der Waals surface area contributed by atoms with Crippen LogP contribution in [0.2, 0.25) is 0 Å². The molecule has 0 bridgehead atoms. The number of hydrogen-bond donors (Lipinski definition) is 2. The molecule has 2 heterocycles. The van der Waals surface area contributed by atoms with Gasteiger partial charge >= 0.3 is 0 Å². The summed E-state index contributed by atoms with van der Waals surface area (Å²) < 4.78 is 1.80. The first-order valence-electron chi connectivity index (χ1n) is 8.52. The number of carbonyl (C=O) groups excluding carboxylic acids is 1. The number of nitrogens with one attached hydrogen (secondary N) is 2. The van der Waals surface area contributed by atoms with Crippen molar-refractivity contribution >= 4 is 18.3 Å². The van der Waals surface area contributed by atoms with Crippen LogP contribution in [0.15, 0.2) is 12.4 Å². The number of rotatable bonds is 7. The maximum Gasteiger partial charge on any atom is 0.225 e. The summed E-state index contributed by atoms with van der Waals surface area (Å²) in [5.41, 5.74) is 1.39. The Hall–Kier alpha value is -1.07. The zero-order valence-electron chi connectivity index (χ0n) is 14.8. The first kappa shape index (κ1) is 20.0. The Balaban J connectivity index is 0.00000264. The van der Waals surface area contributed by atoms with E-state index in [2.05, 4.69) is 36.5 Å². The van der Waals surface area contributed by atoms with Crippen molar-refractivity contribution in [2.75, 3.05) is 19.6 Å². The molecule has 1 amide bonds. The molecule has 23 heavy (non-hydrogen) atoms. The average Bonchev–Trinajstić information content (AvgIpc) is 3.17. The smallest absolute Gasteiger partial charge is 0.225 e. The van der Waals surface area contributed by atoms with Crippen LogP contribution >= 0.6 is 12.4 Å². The molecule has 5 nitrogen and oxygen atoms in total. The van der Waals surface area contributed by atoms with E-state index in [4.69, 9.17) is 0 Å². The van der Waals surface area contributed by atoms with Crippen LogP contribution in [0, 0.1) is 11.3 Å². The van der Waals surface area contributed by atoms with Crippen molar-refractivity contribution in [1.29, 1.82) is 0 Å². The van der Waals surface area contributed by atoms with Gasteiger partial charge in [-0.1, -0.05) is 20.8 Å². The van der Waals surface area contributed by atoms with Gasteiger partial charge in [0.2, 0.25) is 5.91 Å². The topological polar surface area (TPSA) is 59.0 Å². The maximum absolute atomic E-state index is 12.7. The largest absolute Gasteiger partial charge is 0.355 e. The molecule has 1 aromatic rings. The first-order chi connectivity index (χ1) is 10.5. The number of amides is 1. The minimum Gasteiger partial charge on any atom is -0.355 e. The molecule has 1 fully saturated rings. The van der Waals surface area contributed by atoms with Crippen LogP contribution in [0.4, 0.5) is 0 Å². The Morgan fingerprint density at radius 2 is 2.00 bits per heavy atom. The fraction of sp³-hybridized carbons (Fsp3) is 0.765. The third-order valence-corrected chi connectivity index (χ3v) is 5.59. The van der Waals surface area contributed by atoms with Gasteiger partial charge in [0.05, 0.1) is 12.1 Å². The number of aryl methyl sites for hydroxylation is 1. The second kappa shape index (κ2) is 8.69. The molecular formula is C17H31ClN4O. The quantitative estimate of drug-likeness (QED) is 0.800. The van der Waals surface area contributed by atoms with Crippen molar-refractivity contribution in [3.63, 3.8) is 0 Å². The zero-order chi connectivity index (χ0) is 16.2. The standard InChI is InChI=1S/C17H30N4O.ClH/c1-5-17(6-2,7-3)12-19-16(22)15-10-18-9-14(15)13-8-20-21(4)11-13;/h8,11,14-15,18H,5-7,9-10,12H2,1-4H3,(H,19,22);1H/t14-,15+;/m1./s1. The van der Waals surface area contributed by atoms with Crippen LogP contribution in [0.25, 0.3) is 0 Å². The van der Waals surface area contributed by atoms with E-state index < -0.39 is 0 Å². The Kier molecular flexibility index (Phi) is 7.55. The summed E-state index contributed by atoms with van der Waals surface area (Å²) in [6.07, 6.45) is 7.22. The highest BCUT2D eigenvalue weighted by Gasteiger charge is 2.35. The van der Waals surface area contributed by atoms with Crippen LogP contribution < -0.4 is 10.6 Å². The number of nitrogens with zero attached hydrogens (tertiary/aromatic N) is 2. The third-order valence-electron chi connectivity index (χ3n) is 5.59. The van der Waals surface area contributed by atoms with Crippen LogP contribution in [0.1, 0.15) is 51.5 Å². The molecule has 0 unspecified atom stereocenters. The lowest BCUT2D eigenvalue weighted by atomic mass is 9.79. The normalized spacial score (nSPS) is 21.0. The van der Waals surface area contributed by atoms with Crippen molar-refractivity contribution in [3.8, 4) is 0 Å². The summed E-state index contributed by atoms with van der Waals surface area (Å²) in [5, 5.41) is 10.8. The maximum atomic E-state index is 12.7. The van der Waals surface area contributed by atoms with Crippen LogP contribution in [-0.4, -0.2) is 35.3 Å². The minimum atomic E-state index is 0. The number of hydrogen-bond acceptors (Lipinski definition) is 3. The third kappa shape index (κ3) is 4.48. The van der Waals surface area contributed by atoms with Gasteiger partial charge in [-0.25, -0.2) is 0 Å². The second-order valence-electron chi connectivity index (χ2n) is 6.60. The van der Waals surface area contributed by atoms with E-state index in [-0.39, 0.29) is 35.6 Å². The van der Waals surface area contributed by atoms with E-state index in [0.717, 1.165) is 44.5 Å². The minimum absolute atomic E-state index is 0. The van der Waals surface area contributed by atoms with E-state index in [1.54, 1.807) is 4.68 Å². The molecule has 2 N–H and O–H groups in total. The number of aromatic nitrogens is 2. The van der Waals surface area contributed by atoms with Crippen LogP contribution in [0.3, 0.4) is 0 Å². The fourth-order valence-corrected chi connectivity index (χ4v) is 3.47. The van der Waals surface area contributed by atoms with Gasteiger partial charge in [-0.3, -0.25) is 9.48 Å². The van der Waals surface area contributed by atoms with Gasteiger partial charge in [-0.2, -0.15) is 5.10 Å². The molecule has 0 spiro atoms. The Morgan fingerprint density at radius 1 is 1.35 bits per heavy atom. The molecule has 132 valence electrons. The van der Waals surface area contributed by atoms with Crippen molar-refractivity contribution in [2.24, 2.45) is 18.4 Å². The fourth-order valence-electron chi connectivity index (χ4n) is 3.47. The lowest BCUT2D eigenvalue weighted by Crippen LogP contribution is -2.41. The Bertz CT molecular complexity index is 490. The van der Waals surface area contributed by atoms with Crippen LogP contribution in [0.5, 0.6) is 0 Å². The highest BCUT2D eigenvalue weighted by atomic mass is 35.5. The first-order valence-corrected chi connectivity index (χ1v) is 8.52. The SMILES string of the molecule is CCC(CC)(CC)CNC(=O)[C@H]1CNC[C@@H]1c1cnn(C)c1.Cl. The summed E-state index contributed by atoms with van der Waals surface area (Å²) in [4.78, 5) is 12.7. The molecule has 0 saturated carbocycles. The molecule has 0 aromatic carbocycles. The van der Waals surface area contributed by atoms with Crippen molar-refractivity contribution in [3.05, 3.63) is 18.0 Å². The molecule has 6 heteroatoms. The van der Waals surface area contributed by atoms with E-state index in [0.29, 0.717) is 0 Å². The van der Waals surface area contributed by atoms with Crippen molar-refractivity contribution in [2.45, 2.75) is 46.0 Å². The van der Waals surface area contributed by atoms with Gasteiger partial charge in [0.1, 0.15) is 0 Å². The summed E-state index contributed by atoms with van der Waals surface area (Å²) in [6.45, 7) is 9.04. The molecule has 1 saturated heterocycles. The summed E-state index contributed by atoms with van der Waals surface area (Å²) in [6, 6.07) is 0. The van der Waals surface area contributed by atoms with E-state index >= 15 is 0 Å². The van der Waals surface area contributed by atoms with Gasteiger partial charge in [0, 0.05) is 38.8 Å². The molecule has 2 atom stereocenters. The molecule has 0 aliphatic carbocycles. The van der Waals surface area contributed by atoms with Gasteiger partial charge in [-0.15, -0.1) is 12.4 Å². The van der Waals surface area contributed by atoms with Crippen molar-refractivity contribution in [1.82, 2.24) is 20.4 Å². The zero-order valence-corrected chi connectivity index (χ0v) is 15.6. The molecule has 0 radical (unpaired) electrons. The number of halogens is 1. The Morgan fingerprint density at radius 3 is 2.52 bits per heavy atom. The van der Waals surface area contributed by atoms with Gasteiger partial charge in [0.15, 0.2) is 0 Å². The van der Waals surface area contributed by atoms with Gasteiger partial charge < -0.3 is 10.6 Å². The molecule has 1 aliphatic heterocycles. The van der Waals surface area contributed by atoms with E-state index in [9.17, 15) is 4.79 Å². The molecular weight excluding hydrogens is 312 g/mol. The average molecular weight is 343 g/mol. The summed E-state index contributed by atoms with van der Waals surface area (Å²) >= 11 is 0. The predicted molar refractivity (Wildman–Crippen MR) is 95.9 cm³/mol. The Labute approximate surface area is 146 Å². The van der Waals surface area contributed by atoms with Gasteiger partial charge in [0.25, 0.3) is 0 Å². The summed E-state index contributed by atoms with van der Waals surface area (Å²) in [5.74, 6) is 0.416. The number of carbonyl (C=O) groups is 1. The van der Waals surface area contributed by atoms with E-state index in [1.165, 1.54) is 0 Å². The highest BCUT2D eigenvalue weighted by molar-refractivity contribution is 5.85. The monoisotopic (exact) mass is 342 g/mol. The lowest BCUT2D eigenvalue weighted by molar-refractivity contribution is -0.125. The van der Waals surface area contributed by atoms with Gasteiger partial charge in [-0.05, 0) is 30.2 Å². The van der Waals surface area contributed by atoms with Crippen LogP contribution in [-0.2, 0) is 11.8 Å². The van der Waals surface area contributed by atoms with Crippen molar-refractivity contribution < 1.29 is 4.79 Å². The summed E-state index contributed by atoms with van der Waals surface area (Å²) in [7, 11) is 1.92.